The zero-order valence-electron chi connectivity index (χ0n) is 10.4. The molecule has 2 rings (SSSR count). The van der Waals surface area contributed by atoms with Crippen molar-refractivity contribution in [3.05, 3.63) is 20.8 Å². The van der Waals surface area contributed by atoms with Crippen molar-refractivity contribution < 1.29 is 0 Å². The molecule has 0 spiro atoms. The van der Waals surface area contributed by atoms with Gasteiger partial charge in [0.15, 0.2) is 0 Å². The number of likely N-dealkylation sites (tertiary alicyclic amines) is 1. The maximum absolute atomic E-state index is 3.56. The van der Waals surface area contributed by atoms with Crippen LogP contribution >= 0.6 is 27.3 Å². The lowest BCUT2D eigenvalue weighted by atomic mass is 10.1. The van der Waals surface area contributed by atoms with Crippen LogP contribution in [0.3, 0.4) is 0 Å². The van der Waals surface area contributed by atoms with Crippen LogP contribution in [0.5, 0.6) is 0 Å². The molecule has 1 atom stereocenters. The molecule has 1 saturated heterocycles. The van der Waals surface area contributed by atoms with Crippen LogP contribution in [0.15, 0.2) is 15.2 Å². The van der Waals surface area contributed by atoms with E-state index < -0.39 is 0 Å². The summed E-state index contributed by atoms with van der Waals surface area (Å²) in [6, 6.07) is 2.86. The van der Waals surface area contributed by atoms with Crippen LogP contribution in [0.1, 0.15) is 31.7 Å². The molecule has 1 unspecified atom stereocenters. The fourth-order valence-electron chi connectivity index (χ4n) is 2.35. The van der Waals surface area contributed by atoms with Crippen LogP contribution in [0.2, 0.25) is 0 Å². The van der Waals surface area contributed by atoms with Crippen LogP contribution in [-0.4, -0.2) is 30.6 Å². The molecule has 0 saturated carbocycles. The summed E-state index contributed by atoms with van der Waals surface area (Å²) in [5, 5.41) is 5.77. The van der Waals surface area contributed by atoms with Gasteiger partial charge < -0.3 is 5.32 Å². The number of thiophene rings is 1. The molecule has 2 nitrogen and oxygen atoms in total. The van der Waals surface area contributed by atoms with Crippen molar-refractivity contribution >= 4 is 27.3 Å². The Kier molecular flexibility index (Phi) is 5.48. The summed E-state index contributed by atoms with van der Waals surface area (Å²) in [5.74, 6) is 0. The van der Waals surface area contributed by atoms with Gasteiger partial charge >= 0.3 is 0 Å². The minimum atomic E-state index is 0.664. The highest BCUT2D eigenvalue weighted by Crippen LogP contribution is 2.20. The molecular weight excluding hydrogens is 296 g/mol. The maximum atomic E-state index is 3.56. The normalized spacial score (nSPS) is 19.4. The van der Waals surface area contributed by atoms with Gasteiger partial charge in [-0.3, -0.25) is 4.90 Å². The molecule has 1 aliphatic heterocycles. The number of piperidine rings is 1. The lowest BCUT2D eigenvalue weighted by Crippen LogP contribution is -2.42. The summed E-state index contributed by atoms with van der Waals surface area (Å²) < 4.78 is 1.22. The van der Waals surface area contributed by atoms with Crippen LogP contribution in [0.25, 0.3) is 0 Å². The first kappa shape index (κ1) is 13.5. The highest BCUT2D eigenvalue weighted by Gasteiger charge is 2.15. The lowest BCUT2D eigenvalue weighted by Gasteiger charge is -2.32. The molecule has 0 aromatic carbocycles. The second-order valence-electron chi connectivity index (χ2n) is 4.84. The summed E-state index contributed by atoms with van der Waals surface area (Å²) in [6.45, 7) is 6.98. The van der Waals surface area contributed by atoms with Crippen molar-refractivity contribution in [3.63, 3.8) is 0 Å². The van der Waals surface area contributed by atoms with Crippen LogP contribution in [0, 0.1) is 0 Å². The van der Waals surface area contributed by atoms with Crippen molar-refractivity contribution in [2.75, 3.05) is 19.6 Å². The van der Waals surface area contributed by atoms with E-state index in [1.165, 1.54) is 41.7 Å². The Bertz CT molecular complexity index is 334. The maximum Gasteiger partial charge on any atom is 0.0701 e. The standard InChI is InChI=1S/C13H21BrN2S/c1-11(16-5-3-2-4-6-16)8-15-9-12-7-13(14)17-10-12/h7,10-11,15H,2-6,8-9H2,1H3. The van der Waals surface area contributed by atoms with Gasteiger partial charge in [-0.25, -0.2) is 0 Å². The van der Waals surface area contributed by atoms with E-state index in [-0.39, 0.29) is 0 Å². The van der Waals surface area contributed by atoms with Crippen LogP contribution in [0.4, 0.5) is 0 Å². The van der Waals surface area contributed by atoms with Crippen molar-refractivity contribution in [2.24, 2.45) is 0 Å². The quantitative estimate of drug-likeness (QED) is 0.894. The number of hydrogen-bond donors (Lipinski definition) is 1. The van der Waals surface area contributed by atoms with Gasteiger partial charge in [-0.05, 0) is 65.8 Å². The first-order chi connectivity index (χ1) is 8.25. The molecule has 1 aromatic rings. The molecule has 0 bridgehead atoms. The van der Waals surface area contributed by atoms with Gasteiger partial charge in [0.1, 0.15) is 0 Å². The van der Waals surface area contributed by atoms with E-state index in [2.05, 4.69) is 44.5 Å². The Labute approximate surface area is 117 Å². The Morgan fingerprint density at radius 2 is 2.18 bits per heavy atom. The molecule has 1 fully saturated rings. The van der Waals surface area contributed by atoms with Crippen LogP contribution < -0.4 is 5.32 Å². The fraction of sp³-hybridized carbons (Fsp3) is 0.692. The van der Waals surface area contributed by atoms with Gasteiger partial charge in [-0.2, -0.15) is 0 Å². The minimum Gasteiger partial charge on any atom is -0.311 e. The summed E-state index contributed by atoms with van der Waals surface area (Å²) in [4.78, 5) is 2.61. The summed E-state index contributed by atoms with van der Waals surface area (Å²) in [6.07, 6.45) is 4.17. The molecular formula is C13H21BrN2S. The van der Waals surface area contributed by atoms with Crippen molar-refractivity contribution in [2.45, 2.75) is 38.8 Å². The topological polar surface area (TPSA) is 15.3 Å². The van der Waals surface area contributed by atoms with Gasteiger partial charge in [0.05, 0.1) is 3.79 Å². The smallest absolute Gasteiger partial charge is 0.0701 e. The molecule has 17 heavy (non-hydrogen) atoms. The van der Waals surface area contributed by atoms with E-state index in [4.69, 9.17) is 0 Å². The van der Waals surface area contributed by atoms with Gasteiger partial charge in [0, 0.05) is 19.1 Å². The first-order valence-corrected chi connectivity index (χ1v) is 8.10. The average molecular weight is 317 g/mol. The van der Waals surface area contributed by atoms with Gasteiger partial charge in [0.2, 0.25) is 0 Å². The van der Waals surface area contributed by atoms with Gasteiger partial charge in [0.25, 0.3) is 0 Å². The largest absolute Gasteiger partial charge is 0.311 e. The number of hydrogen-bond acceptors (Lipinski definition) is 3. The Hall–Kier alpha value is 0.1000. The number of nitrogens with one attached hydrogen (secondary N) is 1. The number of halogens is 1. The molecule has 4 heteroatoms. The predicted molar refractivity (Wildman–Crippen MR) is 78.6 cm³/mol. The summed E-state index contributed by atoms with van der Waals surface area (Å²) >= 11 is 5.26. The Morgan fingerprint density at radius 1 is 1.41 bits per heavy atom. The molecule has 1 aromatic heterocycles. The van der Waals surface area contributed by atoms with Gasteiger partial charge in [-0.15, -0.1) is 11.3 Å². The molecule has 96 valence electrons. The third-order valence-electron chi connectivity index (χ3n) is 3.40. The first-order valence-electron chi connectivity index (χ1n) is 6.43. The lowest BCUT2D eigenvalue weighted by molar-refractivity contribution is 0.170. The second kappa shape index (κ2) is 6.88. The highest BCUT2D eigenvalue weighted by molar-refractivity contribution is 9.11. The zero-order chi connectivity index (χ0) is 12.1. The Morgan fingerprint density at radius 3 is 2.82 bits per heavy atom. The molecule has 1 aliphatic rings. The average Bonchev–Trinajstić information content (AvgIpc) is 2.76. The minimum absolute atomic E-state index is 0.664. The van der Waals surface area contributed by atoms with Gasteiger partial charge in [-0.1, -0.05) is 6.42 Å². The molecule has 0 amide bonds. The van der Waals surface area contributed by atoms with Crippen molar-refractivity contribution in [1.29, 1.82) is 0 Å². The van der Waals surface area contributed by atoms with E-state index in [9.17, 15) is 0 Å². The predicted octanol–water partition coefficient (Wildman–Crippen LogP) is 3.47. The summed E-state index contributed by atoms with van der Waals surface area (Å²) in [5.41, 5.74) is 1.38. The van der Waals surface area contributed by atoms with E-state index in [0.717, 1.165) is 13.1 Å². The summed E-state index contributed by atoms with van der Waals surface area (Å²) in [7, 11) is 0. The monoisotopic (exact) mass is 316 g/mol. The number of nitrogens with zero attached hydrogens (tertiary/aromatic N) is 1. The third kappa shape index (κ3) is 4.36. The SMILES string of the molecule is CC(CNCc1csc(Br)c1)N1CCCCC1. The zero-order valence-corrected chi connectivity index (χ0v) is 12.8. The molecule has 0 aliphatic carbocycles. The van der Waals surface area contributed by atoms with Crippen LogP contribution in [-0.2, 0) is 6.54 Å². The van der Waals surface area contributed by atoms with Crippen molar-refractivity contribution in [1.82, 2.24) is 10.2 Å². The molecule has 1 N–H and O–H groups in total. The molecule has 0 radical (unpaired) electrons. The highest BCUT2D eigenvalue weighted by atomic mass is 79.9. The van der Waals surface area contributed by atoms with E-state index in [0.29, 0.717) is 6.04 Å². The third-order valence-corrected chi connectivity index (χ3v) is 4.96. The van der Waals surface area contributed by atoms with E-state index >= 15 is 0 Å². The fourth-order valence-corrected chi connectivity index (χ4v) is 3.56. The van der Waals surface area contributed by atoms with E-state index in [1.54, 1.807) is 11.3 Å². The second-order valence-corrected chi connectivity index (χ2v) is 7.13. The molecule has 2 heterocycles. The Balaban J connectivity index is 1.67. The van der Waals surface area contributed by atoms with E-state index in [1.807, 2.05) is 0 Å². The number of rotatable bonds is 5. The van der Waals surface area contributed by atoms with Crippen molar-refractivity contribution in [3.8, 4) is 0 Å².